The molecule has 17 atom stereocenters. The third-order valence-electron chi connectivity index (χ3n) is 7.37. The number of hydrogen-bond acceptors (Lipinski definition) is 2. The second-order valence-corrected chi connectivity index (χ2v) is 19.4. The van der Waals surface area contributed by atoms with Crippen LogP contribution in [0.3, 0.4) is 0 Å². The normalized spacial score (nSPS) is 23.3. The predicted molar refractivity (Wildman–Crippen MR) is 220 cm³/mol. The van der Waals surface area contributed by atoms with Crippen molar-refractivity contribution in [2.24, 2.45) is 5.92 Å². The molecule has 18 heteroatoms. The van der Waals surface area contributed by atoms with Crippen molar-refractivity contribution in [1.29, 1.82) is 0 Å². The van der Waals surface area contributed by atoms with E-state index in [2.05, 4.69) is 0 Å². The predicted octanol–water partition coefficient (Wildman–Crippen LogP) is 13.3. The van der Waals surface area contributed by atoms with Crippen LogP contribution in [0.2, 0.25) is 0 Å². The molecule has 0 saturated carbocycles. The molecule has 282 valence electrons. The van der Waals surface area contributed by atoms with Gasteiger partial charge in [-0.25, -0.2) is 0 Å². The summed E-state index contributed by atoms with van der Waals surface area (Å²) in [5, 5.41) is -14.4. The fraction of sp³-hybridized carbons (Fsp3) is 0.800. The Morgan fingerprint density at radius 2 is 0.750 bits per heavy atom. The summed E-state index contributed by atoms with van der Waals surface area (Å²) in [4.78, 5) is 0. The molecule has 0 aromatic heterocycles. The summed E-state index contributed by atoms with van der Waals surface area (Å²) >= 11 is 105. The first-order valence-corrected chi connectivity index (χ1v) is 21.8. The number of halogens is 16. The summed E-state index contributed by atoms with van der Waals surface area (Å²) in [5.41, 5.74) is 0.000428. The monoisotopic (exact) mass is 990 g/mol. The van der Waals surface area contributed by atoms with Crippen molar-refractivity contribution in [2.75, 3.05) is 6.61 Å². The summed E-state index contributed by atoms with van der Waals surface area (Å²) in [7, 11) is 0. The summed E-state index contributed by atoms with van der Waals surface area (Å²) in [6, 6.07) is 9.74. The van der Waals surface area contributed by atoms with E-state index in [0.29, 0.717) is 13.0 Å². The lowest BCUT2D eigenvalue weighted by Gasteiger charge is -2.35. The van der Waals surface area contributed by atoms with Crippen molar-refractivity contribution in [2.45, 2.75) is 126 Å². The molecule has 0 aliphatic heterocycles. The Bertz CT molecular complexity index is 1000. The number of hydrogen-bond donors (Lipinski definition) is 0. The number of ether oxygens (including phenoxy) is 2. The van der Waals surface area contributed by atoms with Crippen LogP contribution in [-0.4, -0.2) is 98.9 Å². The van der Waals surface area contributed by atoms with Crippen LogP contribution in [0, 0.1) is 5.92 Å². The van der Waals surface area contributed by atoms with Gasteiger partial charge in [0.05, 0.1) is 100.0 Å². The van der Waals surface area contributed by atoms with Gasteiger partial charge < -0.3 is 9.47 Å². The van der Waals surface area contributed by atoms with E-state index < -0.39 is 86.2 Å². The largest absolute Gasteiger partial charge is 0.371 e. The maximum atomic E-state index is 6.64. The minimum atomic E-state index is -1.07. The zero-order valence-corrected chi connectivity index (χ0v) is 37.9. The molecule has 0 fully saturated rings. The second kappa shape index (κ2) is 25.1. The Morgan fingerprint density at radius 1 is 0.438 bits per heavy atom. The molecule has 17 unspecified atom stereocenters. The quantitative estimate of drug-likeness (QED) is 0.102. The van der Waals surface area contributed by atoms with E-state index in [9.17, 15) is 0 Å². The molecule has 1 rings (SSSR count). The highest BCUT2D eigenvalue weighted by molar-refractivity contribution is 6.46. The average molecular weight is 998 g/mol. The standard InChI is InChI=1S/C30H38Cl16O2/c1-4-14(47-10-13-8-6-5-7-9-13)11-48-30(46)29(45)28(44)27(43)26(42)25(41)24(40)23(39)22(38)21(37)20(36)19(35)18(34)17(33)16(32)15(31)12(2)3/h5-9,12,14-30H,4,10-11H2,1-3H3. The molecule has 1 aromatic rings. The molecule has 0 N–H and O–H groups in total. The summed E-state index contributed by atoms with van der Waals surface area (Å²) in [6.07, 6.45) is 0.450. The topological polar surface area (TPSA) is 18.5 Å². The van der Waals surface area contributed by atoms with E-state index in [1.165, 1.54) is 0 Å². The van der Waals surface area contributed by atoms with Crippen LogP contribution in [0.25, 0.3) is 0 Å². The molecule has 0 saturated heterocycles. The highest BCUT2D eigenvalue weighted by Gasteiger charge is 2.46. The Balaban J connectivity index is 2.76. The Morgan fingerprint density at radius 3 is 1.06 bits per heavy atom. The molecule has 48 heavy (non-hydrogen) atoms. The fourth-order valence-electron chi connectivity index (χ4n) is 4.16. The van der Waals surface area contributed by atoms with Crippen LogP contribution in [-0.2, 0) is 16.1 Å². The minimum absolute atomic E-state index is 0.0328. The molecule has 0 radical (unpaired) electrons. The van der Waals surface area contributed by atoms with Crippen molar-refractivity contribution in [3.05, 3.63) is 35.9 Å². The van der Waals surface area contributed by atoms with Gasteiger partial charge in [0.25, 0.3) is 0 Å². The molecule has 2 nitrogen and oxygen atoms in total. The highest BCUT2D eigenvalue weighted by Crippen LogP contribution is 2.40. The third kappa shape index (κ3) is 15.4. The molecule has 0 spiro atoms. The first kappa shape index (κ1) is 49.8. The van der Waals surface area contributed by atoms with Gasteiger partial charge in [0.2, 0.25) is 0 Å². The van der Waals surface area contributed by atoms with Gasteiger partial charge in [-0.15, -0.1) is 174 Å². The third-order valence-corrected chi connectivity index (χ3v) is 18.0. The molecule has 0 aliphatic carbocycles. The van der Waals surface area contributed by atoms with E-state index in [0.717, 1.165) is 5.56 Å². The average Bonchev–Trinajstić information content (AvgIpc) is 3.09. The summed E-state index contributed by atoms with van der Waals surface area (Å²) < 4.78 is 11.7. The number of benzene rings is 1. The van der Waals surface area contributed by atoms with Gasteiger partial charge in [0, 0.05) is 0 Å². The Hall–Kier alpha value is 3.78. The van der Waals surface area contributed by atoms with E-state index in [4.69, 9.17) is 195 Å². The van der Waals surface area contributed by atoms with Crippen LogP contribution >= 0.6 is 186 Å². The van der Waals surface area contributed by atoms with Gasteiger partial charge in [-0.1, -0.05) is 62.7 Å². The smallest absolute Gasteiger partial charge is 0.149 e. The zero-order chi connectivity index (χ0) is 37.0. The molecule has 0 heterocycles. The van der Waals surface area contributed by atoms with Crippen LogP contribution in [0.1, 0.15) is 32.8 Å². The lowest BCUT2D eigenvalue weighted by atomic mass is 9.99. The van der Waals surface area contributed by atoms with Crippen molar-refractivity contribution < 1.29 is 9.47 Å². The maximum Gasteiger partial charge on any atom is 0.149 e. The lowest BCUT2D eigenvalue weighted by molar-refractivity contribution is -0.0346. The van der Waals surface area contributed by atoms with Crippen LogP contribution in [0.15, 0.2) is 30.3 Å². The van der Waals surface area contributed by atoms with E-state index in [1.807, 2.05) is 51.1 Å². The summed E-state index contributed by atoms with van der Waals surface area (Å²) in [6.45, 7) is 6.36. The fourth-order valence-corrected chi connectivity index (χ4v) is 10.0. The van der Waals surface area contributed by atoms with Crippen molar-refractivity contribution in [1.82, 2.24) is 0 Å². The van der Waals surface area contributed by atoms with Crippen molar-refractivity contribution >= 4 is 186 Å². The Kier molecular flexibility index (Phi) is 26.1. The van der Waals surface area contributed by atoms with Gasteiger partial charge in [-0.3, -0.25) is 0 Å². The van der Waals surface area contributed by atoms with Gasteiger partial charge in [-0.2, -0.15) is 0 Å². The van der Waals surface area contributed by atoms with Gasteiger partial charge in [0.1, 0.15) is 5.56 Å². The van der Waals surface area contributed by atoms with Gasteiger partial charge in [-0.05, 0) is 17.9 Å². The maximum absolute atomic E-state index is 6.64. The van der Waals surface area contributed by atoms with E-state index >= 15 is 0 Å². The van der Waals surface area contributed by atoms with Crippen molar-refractivity contribution in [3.63, 3.8) is 0 Å². The SMILES string of the molecule is CCC(COC(Cl)C(Cl)C(Cl)C(Cl)C(Cl)C(Cl)C(Cl)C(Cl)C(Cl)C(Cl)C(Cl)C(Cl)C(Cl)C(Cl)C(Cl)C(Cl)C(C)C)OCc1ccccc1. The molecule has 1 aromatic carbocycles. The zero-order valence-electron chi connectivity index (χ0n) is 25.8. The van der Waals surface area contributed by atoms with Crippen LogP contribution < -0.4 is 0 Å². The van der Waals surface area contributed by atoms with Gasteiger partial charge in [0.15, 0.2) is 0 Å². The molecular weight excluding hydrogens is 960 g/mol. The van der Waals surface area contributed by atoms with Crippen LogP contribution in [0.5, 0.6) is 0 Å². The molecule has 0 aliphatic rings. The summed E-state index contributed by atoms with van der Waals surface area (Å²) in [5.74, 6) is 0.0328. The van der Waals surface area contributed by atoms with Crippen molar-refractivity contribution in [3.8, 4) is 0 Å². The van der Waals surface area contributed by atoms with Gasteiger partial charge >= 0.3 is 0 Å². The molecule has 0 amide bonds. The first-order valence-electron chi connectivity index (χ1n) is 14.8. The minimum Gasteiger partial charge on any atom is -0.371 e. The number of rotatable bonds is 23. The molecular formula is C30H38Cl16O2. The highest BCUT2D eigenvalue weighted by atomic mass is 35.5. The van der Waals surface area contributed by atoms with E-state index in [1.54, 1.807) is 0 Å². The first-order chi connectivity index (χ1) is 22.3. The van der Waals surface area contributed by atoms with E-state index in [-0.39, 0.29) is 18.6 Å². The second-order valence-electron chi connectivity index (χ2n) is 11.4. The van der Waals surface area contributed by atoms with Crippen LogP contribution in [0.4, 0.5) is 0 Å². The number of alkyl halides is 16. The lowest BCUT2D eigenvalue weighted by Crippen LogP contribution is -2.49. The Labute approximate surface area is 365 Å². The molecule has 0 bridgehead atoms.